The van der Waals surface area contributed by atoms with Crippen LogP contribution in [0.3, 0.4) is 0 Å². The van der Waals surface area contributed by atoms with E-state index in [-0.39, 0.29) is 23.8 Å². The number of rotatable bonds is 26. The number of benzene rings is 3. The number of fused-ring (bicyclic) bond motifs is 1. The molecule has 3 N–H and O–H groups in total. The number of nitrogens with zero attached hydrogens (tertiary/aromatic N) is 1. The first-order valence-electron chi connectivity index (χ1n) is 20.3. The lowest BCUT2D eigenvalue weighted by atomic mass is 9.77. The predicted octanol–water partition coefficient (Wildman–Crippen LogP) is 7.02. The molecule has 13 heteroatoms. The fourth-order valence-corrected chi connectivity index (χ4v) is 8.05. The molecule has 0 fully saturated rings. The van der Waals surface area contributed by atoms with E-state index in [2.05, 4.69) is 30.6 Å². The molecular formula is C46H57N3O9S. The van der Waals surface area contributed by atoms with Crippen LogP contribution in [-0.4, -0.2) is 96.2 Å². The van der Waals surface area contributed by atoms with E-state index in [1.165, 1.54) is 11.3 Å². The molecule has 0 saturated heterocycles. The van der Waals surface area contributed by atoms with Crippen LogP contribution in [0.2, 0.25) is 0 Å². The fraction of sp³-hybridized carbons (Fsp3) is 0.457. The fourth-order valence-electron chi connectivity index (χ4n) is 6.55. The molecular weight excluding hydrogens is 771 g/mol. The highest BCUT2D eigenvalue weighted by molar-refractivity contribution is 7.17. The average molecular weight is 828 g/mol. The van der Waals surface area contributed by atoms with E-state index in [0.717, 1.165) is 59.2 Å². The summed E-state index contributed by atoms with van der Waals surface area (Å²) in [5.74, 6) is -0.517. The number of hydrogen-bond donors (Lipinski definition) is 3. The molecule has 59 heavy (non-hydrogen) atoms. The number of hydrogen-bond acceptors (Lipinski definition) is 11. The van der Waals surface area contributed by atoms with Crippen molar-refractivity contribution in [2.75, 3.05) is 89.9 Å². The minimum absolute atomic E-state index is 0.00844. The Morgan fingerprint density at radius 2 is 1.27 bits per heavy atom. The Morgan fingerprint density at radius 3 is 1.85 bits per heavy atom. The largest absolute Gasteiger partial charge is 0.394 e. The van der Waals surface area contributed by atoms with Crippen LogP contribution in [0.15, 0.2) is 72.8 Å². The third-order valence-electron chi connectivity index (χ3n) is 9.79. The molecule has 1 aromatic heterocycles. The number of anilines is 2. The smallest absolute Gasteiger partial charge is 0.258 e. The van der Waals surface area contributed by atoms with Crippen molar-refractivity contribution in [1.29, 1.82) is 5.26 Å². The number of carbonyl (C=O) groups excluding carboxylic acids is 2. The molecule has 4 aromatic rings. The molecule has 3 aromatic carbocycles. The minimum Gasteiger partial charge on any atom is -0.394 e. The molecule has 0 saturated carbocycles. The van der Waals surface area contributed by atoms with Gasteiger partial charge in [0.2, 0.25) is 0 Å². The molecule has 1 aliphatic carbocycles. The van der Waals surface area contributed by atoms with E-state index in [1.54, 1.807) is 6.07 Å². The Hall–Kier alpha value is -4.49. The zero-order valence-corrected chi connectivity index (χ0v) is 35.0. The van der Waals surface area contributed by atoms with Gasteiger partial charge in [-0.15, -0.1) is 11.3 Å². The Kier molecular flexibility index (Phi) is 19.0. The molecule has 5 rings (SSSR count). The van der Waals surface area contributed by atoms with Crippen LogP contribution in [-0.2, 0) is 60.7 Å². The summed E-state index contributed by atoms with van der Waals surface area (Å²) in [5.41, 5.74) is 6.65. The number of carbonyl (C=O) groups is 2. The van der Waals surface area contributed by atoms with Gasteiger partial charge in [-0.25, -0.2) is 0 Å². The normalized spacial score (nSPS) is 13.1. The second-order valence-electron chi connectivity index (χ2n) is 15.0. The second kappa shape index (κ2) is 24.6. The van der Waals surface area contributed by atoms with Gasteiger partial charge in [-0.3, -0.25) is 9.59 Å². The van der Waals surface area contributed by atoms with Crippen LogP contribution in [0.5, 0.6) is 0 Å². The number of aliphatic hydroxyl groups is 1. The lowest BCUT2D eigenvalue weighted by molar-refractivity contribution is -0.0190. The molecule has 12 nitrogen and oxygen atoms in total. The second-order valence-corrected chi connectivity index (χ2v) is 16.1. The van der Waals surface area contributed by atoms with Crippen molar-refractivity contribution in [3.05, 3.63) is 117 Å². The van der Waals surface area contributed by atoms with Crippen molar-refractivity contribution in [2.45, 2.75) is 52.6 Å². The lowest BCUT2D eigenvalue weighted by Crippen LogP contribution is -2.23. The Morgan fingerprint density at radius 1 is 0.712 bits per heavy atom. The first kappa shape index (κ1) is 45.6. The third kappa shape index (κ3) is 15.6. The molecule has 0 radical (unpaired) electrons. The van der Waals surface area contributed by atoms with Gasteiger partial charge in [0.1, 0.15) is 5.00 Å². The first-order valence-corrected chi connectivity index (χ1v) is 21.1. The maximum absolute atomic E-state index is 14.0. The maximum Gasteiger partial charge on any atom is 0.258 e. The molecule has 0 aliphatic heterocycles. The summed E-state index contributed by atoms with van der Waals surface area (Å²) in [6, 6.07) is 25.0. The van der Waals surface area contributed by atoms with Gasteiger partial charge < -0.3 is 44.2 Å². The number of ether oxygens (including phenoxy) is 6. The van der Waals surface area contributed by atoms with E-state index in [9.17, 15) is 9.59 Å². The maximum atomic E-state index is 14.0. The van der Waals surface area contributed by atoms with Crippen molar-refractivity contribution < 1.29 is 43.1 Å². The highest BCUT2D eigenvalue weighted by atomic mass is 32.1. The first-order chi connectivity index (χ1) is 28.7. The van der Waals surface area contributed by atoms with Gasteiger partial charge >= 0.3 is 0 Å². The quantitative estimate of drug-likeness (QED) is 0.0563. The standard InChI is InChI=1S/C46H57N3O9S/c1-46(2)17-16-40-41(31-46)59-45(42(40)44(52)48-39-14-12-35(13-15-39)7-6-34-8-10-36(32-47)11-9-34)49-43(51)38-5-3-4-37(30-38)33-58-29-28-57-27-26-56-25-24-55-23-22-54-21-20-53-19-18-50/h3-5,8-15,30,50H,6-7,16-29,31,33H2,1-2H3,(H,48,52)(H,49,51). The van der Waals surface area contributed by atoms with Crippen LogP contribution in [0.1, 0.15) is 73.7 Å². The summed E-state index contributed by atoms with van der Waals surface area (Å²) in [6.45, 7) is 9.61. The predicted molar refractivity (Wildman–Crippen MR) is 228 cm³/mol. The van der Waals surface area contributed by atoms with Gasteiger partial charge in [0.15, 0.2) is 0 Å². The molecule has 0 spiro atoms. The van der Waals surface area contributed by atoms with E-state index < -0.39 is 0 Å². The number of nitrogens with one attached hydrogen (secondary N) is 2. The van der Waals surface area contributed by atoms with Crippen LogP contribution < -0.4 is 10.6 Å². The Bertz CT molecular complexity index is 1940. The van der Waals surface area contributed by atoms with Crippen LogP contribution >= 0.6 is 11.3 Å². The van der Waals surface area contributed by atoms with Gasteiger partial charge in [0.25, 0.3) is 11.8 Å². The van der Waals surface area contributed by atoms with E-state index in [4.69, 9.17) is 38.8 Å². The van der Waals surface area contributed by atoms with Crippen molar-refractivity contribution in [2.24, 2.45) is 5.41 Å². The number of aryl methyl sites for hydroxylation is 2. The summed E-state index contributed by atoms with van der Waals surface area (Å²) >= 11 is 1.50. The highest BCUT2D eigenvalue weighted by Crippen LogP contribution is 2.44. The van der Waals surface area contributed by atoms with Crippen LogP contribution in [0.25, 0.3) is 0 Å². The minimum atomic E-state index is -0.284. The van der Waals surface area contributed by atoms with Crippen molar-refractivity contribution in [3.63, 3.8) is 0 Å². The van der Waals surface area contributed by atoms with E-state index in [1.807, 2.05) is 66.7 Å². The third-order valence-corrected chi connectivity index (χ3v) is 10.9. The molecule has 0 bridgehead atoms. The van der Waals surface area contributed by atoms with Crippen LogP contribution in [0, 0.1) is 16.7 Å². The van der Waals surface area contributed by atoms with E-state index >= 15 is 0 Å². The molecule has 1 heterocycles. The van der Waals surface area contributed by atoms with E-state index in [0.29, 0.717) is 107 Å². The number of aliphatic hydroxyl groups excluding tert-OH is 1. The van der Waals surface area contributed by atoms with Crippen molar-refractivity contribution >= 4 is 33.8 Å². The van der Waals surface area contributed by atoms with Crippen molar-refractivity contribution in [1.82, 2.24) is 0 Å². The van der Waals surface area contributed by atoms with Gasteiger partial charge in [0.05, 0.1) is 103 Å². The van der Waals surface area contributed by atoms with Crippen molar-refractivity contribution in [3.8, 4) is 6.07 Å². The zero-order valence-electron chi connectivity index (χ0n) is 34.2. The van der Waals surface area contributed by atoms with Gasteiger partial charge in [-0.1, -0.05) is 50.2 Å². The summed E-state index contributed by atoms with van der Waals surface area (Å²) in [7, 11) is 0. The molecule has 0 atom stereocenters. The molecule has 0 unspecified atom stereocenters. The van der Waals surface area contributed by atoms with Gasteiger partial charge in [-0.05, 0) is 96.2 Å². The lowest BCUT2D eigenvalue weighted by Gasteiger charge is -2.29. The van der Waals surface area contributed by atoms with Crippen LogP contribution in [0.4, 0.5) is 10.7 Å². The number of amides is 2. The SMILES string of the molecule is CC1(C)CCc2c(sc(NC(=O)c3cccc(COCCOCCOCCOCCOCCOCCO)c3)c2C(=O)Nc2ccc(CCc3ccc(C#N)cc3)cc2)C1. The number of thiophene rings is 1. The molecule has 2 amide bonds. The van der Waals surface area contributed by atoms with Gasteiger partial charge in [0, 0.05) is 16.1 Å². The number of nitriles is 1. The van der Waals surface area contributed by atoms with Gasteiger partial charge in [-0.2, -0.15) is 5.26 Å². The highest BCUT2D eigenvalue weighted by Gasteiger charge is 2.33. The molecule has 316 valence electrons. The Labute approximate surface area is 351 Å². The molecule has 1 aliphatic rings. The summed E-state index contributed by atoms with van der Waals surface area (Å²) in [6.07, 6.45) is 4.26. The summed E-state index contributed by atoms with van der Waals surface area (Å²) in [5, 5.41) is 24.4. The summed E-state index contributed by atoms with van der Waals surface area (Å²) in [4.78, 5) is 28.8. The zero-order chi connectivity index (χ0) is 41.7. The summed E-state index contributed by atoms with van der Waals surface area (Å²) < 4.78 is 32.9. The topological polar surface area (TPSA) is 158 Å². The average Bonchev–Trinajstić information content (AvgIpc) is 3.59. The monoisotopic (exact) mass is 827 g/mol. The Balaban J connectivity index is 1.05.